The third kappa shape index (κ3) is 3.75. The Labute approximate surface area is 123 Å². The van der Waals surface area contributed by atoms with E-state index >= 15 is 0 Å². The van der Waals surface area contributed by atoms with Crippen molar-refractivity contribution < 1.29 is 14.4 Å². The molecule has 0 spiro atoms. The zero-order chi connectivity index (χ0) is 15.2. The highest BCUT2D eigenvalue weighted by molar-refractivity contribution is 5.68. The van der Waals surface area contributed by atoms with Gasteiger partial charge in [0, 0.05) is 12.1 Å². The van der Waals surface area contributed by atoms with Crippen molar-refractivity contribution in [1.29, 1.82) is 0 Å². The fourth-order valence-electron chi connectivity index (χ4n) is 2.52. The highest BCUT2D eigenvalue weighted by atomic mass is 16.6. The molecule has 0 aliphatic carbocycles. The van der Waals surface area contributed by atoms with E-state index in [9.17, 15) is 10.1 Å². The van der Waals surface area contributed by atoms with Gasteiger partial charge in [0.05, 0.1) is 25.2 Å². The van der Waals surface area contributed by atoms with E-state index in [0.29, 0.717) is 17.2 Å². The Bertz CT molecular complexity index is 499. The van der Waals surface area contributed by atoms with Crippen LogP contribution < -0.4 is 20.1 Å². The molecule has 1 aromatic carbocycles. The van der Waals surface area contributed by atoms with Crippen molar-refractivity contribution in [2.45, 2.75) is 25.3 Å². The standard InChI is InChI=1S/C14H21N3O4/c1-20-13-8-11(12(17(18)19)9-14(13)21-2)16-10-4-3-6-15-7-5-10/h8-10,15-16H,3-7H2,1-2H3. The lowest BCUT2D eigenvalue weighted by atomic mass is 10.1. The molecule has 0 radical (unpaired) electrons. The van der Waals surface area contributed by atoms with Gasteiger partial charge in [0.15, 0.2) is 11.5 Å². The number of ether oxygens (including phenoxy) is 2. The first-order chi connectivity index (χ1) is 10.2. The third-order valence-corrected chi connectivity index (χ3v) is 3.63. The summed E-state index contributed by atoms with van der Waals surface area (Å²) in [5.41, 5.74) is 0.481. The Balaban J connectivity index is 2.29. The van der Waals surface area contributed by atoms with Crippen LogP contribution in [-0.2, 0) is 0 Å². The summed E-state index contributed by atoms with van der Waals surface area (Å²) in [6.07, 6.45) is 2.97. The van der Waals surface area contributed by atoms with Crippen molar-refractivity contribution in [3.8, 4) is 11.5 Å². The van der Waals surface area contributed by atoms with Crippen LogP contribution in [0.5, 0.6) is 11.5 Å². The molecule has 1 aliphatic rings. The predicted molar refractivity (Wildman–Crippen MR) is 80.3 cm³/mol. The molecule has 1 unspecified atom stereocenters. The maximum Gasteiger partial charge on any atom is 0.296 e. The van der Waals surface area contributed by atoms with E-state index in [4.69, 9.17) is 9.47 Å². The molecule has 2 N–H and O–H groups in total. The van der Waals surface area contributed by atoms with Crippen LogP contribution in [0.3, 0.4) is 0 Å². The third-order valence-electron chi connectivity index (χ3n) is 3.63. The quantitative estimate of drug-likeness (QED) is 0.639. The molecule has 0 amide bonds. The van der Waals surface area contributed by atoms with Crippen molar-refractivity contribution in [2.75, 3.05) is 32.6 Å². The van der Waals surface area contributed by atoms with E-state index in [1.54, 1.807) is 6.07 Å². The van der Waals surface area contributed by atoms with E-state index in [1.165, 1.54) is 20.3 Å². The molecule has 7 nitrogen and oxygen atoms in total. The number of benzene rings is 1. The van der Waals surface area contributed by atoms with E-state index in [2.05, 4.69) is 10.6 Å². The minimum atomic E-state index is -0.404. The van der Waals surface area contributed by atoms with Crippen LogP contribution in [-0.4, -0.2) is 38.3 Å². The maximum absolute atomic E-state index is 11.3. The fourth-order valence-corrected chi connectivity index (χ4v) is 2.52. The number of nitro benzene ring substituents is 1. The molecule has 1 aromatic rings. The smallest absolute Gasteiger partial charge is 0.296 e. The fraction of sp³-hybridized carbons (Fsp3) is 0.571. The van der Waals surface area contributed by atoms with Crippen LogP contribution in [0.2, 0.25) is 0 Å². The Morgan fingerprint density at radius 3 is 2.62 bits per heavy atom. The topological polar surface area (TPSA) is 85.7 Å². The van der Waals surface area contributed by atoms with E-state index in [1.807, 2.05) is 0 Å². The second kappa shape index (κ2) is 7.12. The zero-order valence-corrected chi connectivity index (χ0v) is 12.3. The molecule has 1 aliphatic heterocycles. The first-order valence-corrected chi connectivity index (χ1v) is 7.03. The Morgan fingerprint density at radius 1 is 1.24 bits per heavy atom. The second-order valence-electron chi connectivity index (χ2n) is 5.00. The molecule has 1 saturated heterocycles. The Morgan fingerprint density at radius 2 is 1.95 bits per heavy atom. The maximum atomic E-state index is 11.3. The normalized spacial score (nSPS) is 18.7. The van der Waals surface area contributed by atoms with Gasteiger partial charge >= 0.3 is 0 Å². The van der Waals surface area contributed by atoms with Gasteiger partial charge in [-0.2, -0.15) is 0 Å². The van der Waals surface area contributed by atoms with Gasteiger partial charge in [0.2, 0.25) is 0 Å². The number of nitro groups is 1. The van der Waals surface area contributed by atoms with Gasteiger partial charge in [0.25, 0.3) is 5.69 Å². The molecule has 0 saturated carbocycles. The number of nitrogens with zero attached hydrogens (tertiary/aromatic N) is 1. The minimum Gasteiger partial charge on any atom is -0.493 e. The van der Waals surface area contributed by atoms with E-state index in [0.717, 1.165) is 32.4 Å². The summed E-state index contributed by atoms with van der Waals surface area (Å²) in [6.45, 7) is 1.91. The lowest BCUT2D eigenvalue weighted by Crippen LogP contribution is -2.22. The summed E-state index contributed by atoms with van der Waals surface area (Å²) in [7, 11) is 2.98. The first kappa shape index (κ1) is 15.4. The molecule has 0 bridgehead atoms. The van der Waals surface area contributed by atoms with Gasteiger partial charge in [-0.05, 0) is 32.4 Å². The number of rotatable bonds is 5. The molecular weight excluding hydrogens is 274 g/mol. The summed E-state index contributed by atoms with van der Waals surface area (Å²) >= 11 is 0. The van der Waals surface area contributed by atoms with Crippen LogP contribution in [0.15, 0.2) is 12.1 Å². The Hall–Kier alpha value is -2.02. The summed E-state index contributed by atoms with van der Waals surface area (Å²) in [5, 5.41) is 17.9. The summed E-state index contributed by atoms with van der Waals surface area (Å²) in [4.78, 5) is 10.9. The number of hydrogen-bond acceptors (Lipinski definition) is 6. The number of hydrogen-bond donors (Lipinski definition) is 2. The van der Waals surface area contributed by atoms with Gasteiger partial charge < -0.3 is 20.1 Å². The lowest BCUT2D eigenvalue weighted by Gasteiger charge is -2.18. The van der Waals surface area contributed by atoms with Gasteiger partial charge in [-0.15, -0.1) is 0 Å². The molecule has 1 heterocycles. The molecule has 0 aromatic heterocycles. The molecule has 21 heavy (non-hydrogen) atoms. The van der Waals surface area contributed by atoms with Crippen molar-refractivity contribution in [1.82, 2.24) is 5.32 Å². The van der Waals surface area contributed by atoms with Crippen molar-refractivity contribution in [2.24, 2.45) is 0 Å². The monoisotopic (exact) mass is 295 g/mol. The number of methoxy groups -OCH3 is 2. The highest BCUT2D eigenvalue weighted by Gasteiger charge is 2.22. The lowest BCUT2D eigenvalue weighted by molar-refractivity contribution is -0.384. The molecule has 2 rings (SSSR count). The average molecular weight is 295 g/mol. The van der Waals surface area contributed by atoms with Gasteiger partial charge in [-0.1, -0.05) is 0 Å². The van der Waals surface area contributed by atoms with Crippen LogP contribution in [0.4, 0.5) is 11.4 Å². The Kier molecular flexibility index (Phi) is 5.21. The van der Waals surface area contributed by atoms with Gasteiger partial charge in [-0.3, -0.25) is 10.1 Å². The van der Waals surface area contributed by atoms with E-state index < -0.39 is 4.92 Å². The number of anilines is 1. The van der Waals surface area contributed by atoms with E-state index in [-0.39, 0.29) is 11.7 Å². The largest absolute Gasteiger partial charge is 0.493 e. The molecule has 1 fully saturated rings. The van der Waals surface area contributed by atoms with Gasteiger partial charge in [-0.25, -0.2) is 0 Å². The highest BCUT2D eigenvalue weighted by Crippen LogP contribution is 2.38. The van der Waals surface area contributed by atoms with Crippen LogP contribution in [0, 0.1) is 10.1 Å². The molecule has 1 atom stereocenters. The van der Waals surface area contributed by atoms with Gasteiger partial charge in [0.1, 0.15) is 5.69 Å². The van der Waals surface area contributed by atoms with Crippen LogP contribution >= 0.6 is 0 Å². The van der Waals surface area contributed by atoms with Crippen molar-refractivity contribution in [3.63, 3.8) is 0 Å². The summed E-state index contributed by atoms with van der Waals surface area (Å²) < 4.78 is 10.4. The van der Waals surface area contributed by atoms with Crippen molar-refractivity contribution >= 4 is 11.4 Å². The first-order valence-electron chi connectivity index (χ1n) is 7.03. The minimum absolute atomic E-state index is 0.00450. The summed E-state index contributed by atoms with van der Waals surface area (Å²) in [5.74, 6) is 0.842. The summed E-state index contributed by atoms with van der Waals surface area (Å²) in [6, 6.07) is 3.25. The molecular formula is C14H21N3O4. The molecule has 7 heteroatoms. The molecule has 116 valence electrons. The average Bonchev–Trinajstić information content (AvgIpc) is 2.75. The SMILES string of the molecule is COc1cc(NC2CCCNCC2)c([N+](=O)[O-])cc1OC. The van der Waals surface area contributed by atoms with Crippen molar-refractivity contribution in [3.05, 3.63) is 22.2 Å². The predicted octanol–water partition coefficient (Wildman–Crippen LogP) is 2.17. The van der Waals surface area contributed by atoms with Crippen LogP contribution in [0.25, 0.3) is 0 Å². The number of nitrogens with one attached hydrogen (secondary N) is 2. The second-order valence-corrected chi connectivity index (χ2v) is 5.00. The van der Waals surface area contributed by atoms with Crippen LogP contribution in [0.1, 0.15) is 19.3 Å². The zero-order valence-electron chi connectivity index (χ0n) is 12.3.